The first-order chi connectivity index (χ1) is 11.5. The number of non-ortho nitro benzene ring substituents is 1. The van der Waals surface area contributed by atoms with Crippen molar-refractivity contribution in [2.75, 3.05) is 6.61 Å². The lowest BCUT2D eigenvalue weighted by atomic mass is 10.1. The van der Waals surface area contributed by atoms with E-state index in [1.807, 2.05) is 14.0 Å². The molecule has 0 saturated carbocycles. The summed E-state index contributed by atoms with van der Waals surface area (Å²) in [7, 11) is 3.60. The van der Waals surface area contributed by atoms with Crippen molar-refractivity contribution in [2.24, 2.45) is 14.1 Å². The monoisotopic (exact) mass is 328 g/mol. The number of benzene rings is 1. The number of hydrogen-bond donors (Lipinski definition) is 0. The summed E-state index contributed by atoms with van der Waals surface area (Å²) in [6.07, 6.45) is 3.25. The normalized spacial score (nSPS) is 10.8. The average Bonchev–Trinajstić information content (AvgIpc) is 3.12. The predicted molar refractivity (Wildman–Crippen MR) is 86.5 cm³/mol. The summed E-state index contributed by atoms with van der Waals surface area (Å²) in [6.45, 7) is 2.25. The Balaban J connectivity index is 2.21. The van der Waals surface area contributed by atoms with Crippen molar-refractivity contribution < 1.29 is 9.66 Å². The van der Waals surface area contributed by atoms with Crippen LogP contribution in [0.2, 0.25) is 0 Å². The van der Waals surface area contributed by atoms with Gasteiger partial charge >= 0.3 is 0 Å². The van der Waals surface area contributed by atoms with E-state index in [0.717, 1.165) is 5.56 Å². The van der Waals surface area contributed by atoms with Gasteiger partial charge in [-0.3, -0.25) is 14.8 Å². The van der Waals surface area contributed by atoms with E-state index >= 15 is 0 Å². The molecule has 124 valence electrons. The van der Waals surface area contributed by atoms with E-state index in [1.165, 1.54) is 12.1 Å². The molecule has 1 aromatic carbocycles. The third-order valence-electron chi connectivity index (χ3n) is 3.58. The molecule has 0 saturated heterocycles. The SMILES string of the molecule is CCOc1cc(-c2c(-c3nncn3C)cnn2C)cc([N+](=O)[O-])c1. The maximum Gasteiger partial charge on any atom is 0.273 e. The molecule has 9 heteroatoms. The van der Waals surface area contributed by atoms with Gasteiger partial charge in [0.1, 0.15) is 12.1 Å². The Bertz CT molecular complexity index is 899. The minimum atomic E-state index is -0.440. The van der Waals surface area contributed by atoms with Crippen LogP contribution in [-0.4, -0.2) is 36.1 Å². The number of rotatable bonds is 5. The van der Waals surface area contributed by atoms with Crippen molar-refractivity contribution >= 4 is 5.69 Å². The molecular weight excluding hydrogens is 312 g/mol. The van der Waals surface area contributed by atoms with Crippen molar-refractivity contribution in [3.63, 3.8) is 0 Å². The zero-order chi connectivity index (χ0) is 17.3. The quantitative estimate of drug-likeness (QED) is 0.525. The fourth-order valence-corrected chi connectivity index (χ4v) is 2.55. The molecule has 0 bridgehead atoms. The van der Waals surface area contributed by atoms with E-state index in [2.05, 4.69) is 15.3 Å². The zero-order valence-corrected chi connectivity index (χ0v) is 13.5. The third-order valence-corrected chi connectivity index (χ3v) is 3.58. The molecule has 0 aliphatic rings. The summed E-state index contributed by atoms with van der Waals surface area (Å²) in [5.74, 6) is 1.06. The molecule has 0 unspecified atom stereocenters. The minimum absolute atomic E-state index is 0.0407. The Morgan fingerprint density at radius 2 is 2.08 bits per heavy atom. The van der Waals surface area contributed by atoms with Crippen molar-refractivity contribution in [2.45, 2.75) is 6.92 Å². The van der Waals surface area contributed by atoms with Crippen LogP contribution in [0.1, 0.15) is 6.92 Å². The first kappa shape index (κ1) is 15.7. The average molecular weight is 328 g/mol. The van der Waals surface area contributed by atoms with E-state index in [-0.39, 0.29) is 5.69 Å². The standard InChI is InChI=1S/C15H16N6O3/c1-4-24-12-6-10(5-11(7-12)21(22)23)14-13(8-17-20(14)3)15-18-16-9-19(15)2/h5-9H,4H2,1-3H3. The Morgan fingerprint density at radius 3 is 2.71 bits per heavy atom. The summed E-state index contributed by atoms with van der Waals surface area (Å²) in [5, 5.41) is 23.5. The van der Waals surface area contributed by atoms with Crippen LogP contribution in [-0.2, 0) is 14.1 Å². The van der Waals surface area contributed by atoms with Crippen molar-refractivity contribution in [1.29, 1.82) is 0 Å². The molecule has 2 heterocycles. The summed E-state index contributed by atoms with van der Waals surface area (Å²) in [5.41, 5.74) is 2.03. The fraction of sp³-hybridized carbons (Fsp3) is 0.267. The van der Waals surface area contributed by atoms with Gasteiger partial charge in [0.25, 0.3) is 5.69 Å². The molecule has 0 aliphatic carbocycles. The van der Waals surface area contributed by atoms with Crippen molar-refractivity contribution in [3.05, 3.63) is 40.8 Å². The first-order valence-corrected chi connectivity index (χ1v) is 7.30. The number of hydrogen-bond acceptors (Lipinski definition) is 6. The second-order valence-corrected chi connectivity index (χ2v) is 5.20. The van der Waals surface area contributed by atoms with Gasteiger partial charge < -0.3 is 9.30 Å². The van der Waals surface area contributed by atoms with Gasteiger partial charge in [-0.25, -0.2) is 0 Å². The van der Waals surface area contributed by atoms with Crippen LogP contribution in [0.3, 0.4) is 0 Å². The summed E-state index contributed by atoms with van der Waals surface area (Å²) < 4.78 is 8.88. The van der Waals surface area contributed by atoms with Crippen LogP contribution >= 0.6 is 0 Å². The van der Waals surface area contributed by atoms with Gasteiger partial charge in [0.05, 0.1) is 35.1 Å². The van der Waals surface area contributed by atoms with Gasteiger partial charge in [0.15, 0.2) is 5.82 Å². The largest absolute Gasteiger partial charge is 0.494 e. The molecule has 0 atom stereocenters. The Labute approximate surface area is 137 Å². The Hall–Kier alpha value is -3.23. The second kappa shape index (κ2) is 6.11. The van der Waals surface area contributed by atoms with Crippen LogP contribution in [0, 0.1) is 10.1 Å². The predicted octanol–water partition coefficient (Wildman–Crippen LogP) is 2.19. The van der Waals surface area contributed by atoms with E-state index in [4.69, 9.17) is 4.74 Å². The Morgan fingerprint density at radius 1 is 1.29 bits per heavy atom. The molecule has 0 spiro atoms. The lowest BCUT2D eigenvalue weighted by Gasteiger charge is -2.09. The molecule has 0 fully saturated rings. The smallest absolute Gasteiger partial charge is 0.273 e. The molecule has 0 amide bonds. The molecule has 3 aromatic rings. The second-order valence-electron chi connectivity index (χ2n) is 5.20. The topological polar surface area (TPSA) is 101 Å². The van der Waals surface area contributed by atoms with Crippen LogP contribution in [0.4, 0.5) is 5.69 Å². The highest BCUT2D eigenvalue weighted by Gasteiger charge is 2.20. The highest BCUT2D eigenvalue weighted by molar-refractivity contribution is 5.79. The van der Waals surface area contributed by atoms with E-state index < -0.39 is 4.92 Å². The summed E-state index contributed by atoms with van der Waals surface area (Å²) >= 11 is 0. The molecule has 0 aliphatic heterocycles. The van der Waals surface area contributed by atoms with Gasteiger partial charge in [-0.05, 0) is 13.0 Å². The minimum Gasteiger partial charge on any atom is -0.494 e. The number of nitro benzene ring substituents is 1. The highest BCUT2D eigenvalue weighted by Crippen LogP contribution is 2.35. The van der Waals surface area contributed by atoms with Gasteiger partial charge in [-0.2, -0.15) is 5.10 Å². The van der Waals surface area contributed by atoms with Crippen LogP contribution in [0.5, 0.6) is 5.75 Å². The van der Waals surface area contributed by atoms with E-state index in [0.29, 0.717) is 29.4 Å². The maximum atomic E-state index is 11.2. The van der Waals surface area contributed by atoms with Crippen LogP contribution in [0.15, 0.2) is 30.7 Å². The summed E-state index contributed by atoms with van der Waals surface area (Å²) in [4.78, 5) is 10.8. The molecular formula is C15H16N6O3. The van der Waals surface area contributed by atoms with Crippen LogP contribution in [0.25, 0.3) is 22.6 Å². The summed E-state index contributed by atoms with van der Waals surface area (Å²) in [6, 6.07) is 4.66. The number of nitrogens with zero attached hydrogens (tertiary/aromatic N) is 6. The molecule has 24 heavy (non-hydrogen) atoms. The molecule has 0 radical (unpaired) electrons. The zero-order valence-electron chi connectivity index (χ0n) is 13.5. The molecule has 0 N–H and O–H groups in total. The highest BCUT2D eigenvalue weighted by atomic mass is 16.6. The Kier molecular flexibility index (Phi) is 3.98. The van der Waals surface area contributed by atoms with Gasteiger partial charge in [-0.1, -0.05) is 0 Å². The third kappa shape index (κ3) is 2.71. The number of ether oxygens (including phenoxy) is 1. The first-order valence-electron chi connectivity index (χ1n) is 7.30. The van der Waals surface area contributed by atoms with E-state index in [1.54, 1.807) is 34.9 Å². The number of nitro groups is 1. The molecule has 9 nitrogen and oxygen atoms in total. The van der Waals surface area contributed by atoms with Gasteiger partial charge in [-0.15, -0.1) is 10.2 Å². The molecule has 2 aromatic heterocycles. The number of aryl methyl sites for hydroxylation is 2. The van der Waals surface area contributed by atoms with Gasteiger partial charge in [0.2, 0.25) is 0 Å². The lowest BCUT2D eigenvalue weighted by molar-refractivity contribution is -0.384. The van der Waals surface area contributed by atoms with Crippen LogP contribution < -0.4 is 4.74 Å². The maximum absolute atomic E-state index is 11.2. The molecule has 3 rings (SSSR count). The van der Waals surface area contributed by atoms with E-state index in [9.17, 15) is 10.1 Å². The number of aromatic nitrogens is 5. The lowest BCUT2D eigenvalue weighted by Crippen LogP contribution is -1.99. The van der Waals surface area contributed by atoms with Gasteiger partial charge in [0, 0.05) is 25.7 Å². The van der Waals surface area contributed by atoms with Crippen molar-refractivity contribution in [3.8, 4) is 28.4 Å². The van der Waals surface area contributed by atoms with Crippen molar-refractivity contribution in [1.82, 2.24) is 24.5 Å². The fourth-order valence-electron chi connectivity index (χ4n) is 2.55.